The Bertz CT molecular complexity index is 774. The molecule has 0 aromatic heterocycles. The minimum absolute atomic E-state index is 0.0725. The normalized spacial score (nSPS) is 27.2. The maximum absolute atomic E-state index is 12.3. The van der Waals surface area contributed by atoms with Gasteiger partial charge in [-0.1, -0.05) is 29.4 Å². The number of nitrogens with zero attached hydrogens (tertiary/aromatic N) is 2. The molecule has 0 N–H and O–H groups in total. The molecule has 0 aliphatic carbocycles. The number of amidine groups is 1. The molecule has 2 heterocycles. The van der Waals surface area contributed by atoms with Crippen LogP contribution in [0.1, 0.15) is 10.4 Å². The molecule has 0 radical (unpaired) electrons. The Balaban J connectivity index is 1.85. The first-order valence-corrected chi connectivity index (χ1v) is 10.1. The molecule has 0 saturated carbocycles. The van der Waals surface area contributed by atoms with Crippen molar-refractivity contribution in [2.75, 3.05) is 18.1 Å². The fraction of sp³-hybridized carbons (Fsp3) is 0.333. The third-order valence-corrected chi connectivity index (χ3v) is 7.29. The van der Waals surface area contributed by atoms with Gasteiger partial charge in [-0.25, -0.2) is 8.42 Å². The van der Waals surface area contributed by atoms with Crippen molar-refractivity contribution in [1.29, 1.82) is 0 Å². The number of aliphatic imine (C=N–C) groups is 1. The van der Waals surface area contributed by atoms with Crippen molar-refractivity contribution < 1.29 is 13.2 Å². The van der Waals surface area contributed by atoms with Crippen molar-refractivity contribution in [3.05, 3.63) is 47.5 Å². The zero-order valence-electron chi connectivity index (χ0n) is 12.2. The highest BCUT2D eigenvalue weighted by Gasteiger charge is 2.48. The summed E-state index contributed by atoms with van der Waals surface area (Å²) in [5.41, 5.74) is 0.450. The van der Waals surface area contributed by atoms with Crippen LogP contribution in [-0.4, -0.2) is 53.7 Å². The Morgan fingerprint density at radius 1 is 1.39 bits per heavy atom. The number of halogens is 1. The average molecular weight is 371 g/mol. The first kappa shape index (κ1) is 16.5. The molecule has 122 valence electrons. The Kier molecular flexibility index (Phi) is 4.53. The second-order valence-electron chi connectivity index (χ2n) is 5.45. The van der Waals surface area contributed by atoms with Gasteiger partial charge in [0.15, 0.2) is 15.0 Å². The Morgan fingerprint density at radius 3 is 2.74 bits per heavy atom. The highest BCUT2D eigenvalue weighted by atomic mass is 35.5. The van der Waals surface area contributed by atoms with Crippen LogP contribution in [0.5, 0.6) is 0 Å². The van der Waals surface area contributed by atoms with E-state index >= 15 is 0 Å². The molecule has 23 heavy (non-hydrogen) atoms. The summed E-state index contributed by atoms with van der Waals surface area (Å²) < 4.78 is 23.6. The summed E-state index contributed by atoms with van der Waals surface area (Å²) in [7, 11) is -3.02. The van der Waals surface area contributed by atoms with E-state index in [9.17, 15) is 13.2 Å². The van der Waals surface area contributed by atoms with Crippen LogP contribution < -0.4 is 0 Å². The number of carbonyl (C=O) groups excluding carboxylic acids is 1. The molecule has 0 spiro atoms. The first-order chi connectivity index (χ1) is 10.9. The summed E-state index contributed by atoms with van der Waals surface area (Å²) in [5.74, 6) is -0.127. The first-order valence-electron chi connectivity index (χ1n) is 7.03. The summed E-state index contributed by atoms with van der Waals surface area (Å²) >= 11 is 7.17. The lowest BCUT2D eigenvalue weighted by molar-refractivity contribution is 0.100. The molecule has 2 aliphatic rings. The molecule has 5 nitrogen and oxygen atoms in total. The van der Waals surface area contributed by atoms with Crippen molar-refractivity contribution in [2.45, 2.75) is 11.3 Å². The minimum Gasteiger partial charge on any atom is -0.342 e. The van der Waals surface area contributed by atoms with Crippen LogP contribution in [0, 0.1) is 0 Å². The maximum atomic E-state index is 12.3. The predicted molar refractivity (Wildman–Crippen MR) is 93.9 cm³/mol. The maximum Gasteiger partial charge on any atom is 0.279 e. The van der Waals surface area contributed by atoms with E-state index in [0.29, 0.717) is 22.3 Å². The van der Waals surface area contributed by atoms with Crippen molar-refractivity contribution in [3.63, 3.8) is 0 Å². The zero-order valence-corrected chi connectivity index (χ0v) is 14.6. The lowest BCUT2D eigenvalue weighted by Crippen LogP contribution is -2.37. The molecule has 2 saturated heterocycles. The van der Waals surface area contributed by atoms with Gasteiger partial charge in [-0.3, -0.25) is 4.79 Å². The van der Waals surface area contributed by atoms with Gasteiger partial charge in [-0.15, -0.1) is 6.58 Å². The van der Waals surface area contributed by atoms with Gasteiger partial charge >= 0.3 is 0 Å². The third-order valence-electron chi connectivity index (χ3n) is 3.79. The van der Waals surface area contributed by atoms with E-state index in [1.54, 1.807) is 30.3 Å². The van der Waals surface area contributed by atoms with Gasteiger partial charge in [0.25, 0.3) is 5.91 Å². The molecule has 0 unspecified atom stereocenters. The summed E-state index contributed by atoms with van der Waals surface area (Å²) in [5, 5.41) is 1.05. The number of amides is 1. The average Bonchev–Trinajstić information content (AvgIpc) is 2.93. The van der Waals surface area contributed by atoms with Crippen molar-refractivity contribution >= 4 is 44.3 Å². The number of sulfone groups is 1. The van der Waals surface area contributed by atoms with E-state index < -0.39 is 9.84 Å². The summed E-state index contributed by atoms with van der Waals surface area (Å²) in [6, 6.07) is 6.38. The largest absolute Gasteiger partial charge is 0.342 e. The Morgan fingerprint density at radius 2 is 2.09 bits per heavy atom. The van der Waals surface area contributed by atoms with Crippen molar-refractivity contribution in [2.24, 2.45) is 4.99 Å². The van der Waals surface area contributed by atoms with E-state index in [-0.39, 0.29) is 28.7 Å². The van der Waals surface area contributed by atoms with Crippen molar-refractivity contribution in [1.82, 2.24) is 4.90 Å². The molecule has 3 rings (SSSR count). The van der Waals surface area contributed by atoms with E-state index in [4.69, 9.17) is 11.6 Å². The van der Waals surface area contributed by atoms with E-state index in [1.165, 1.54) is 11.8 Å². The molecule has 2 fully saturated rings. The summed E-state index contributed by atoms with van der Waals surface area (Å²) in [6.45, 7) is 4.17. The number of hydrogen-bond donors (Lipinski definition) is 0. The quantitative estimate of drug-likeness (QED) is 0.763. The van der Waals surface area contributed by atoms with Crippen molar-refractivity contribution in [3.8, 4) is 0 Å². The van der Waals surface area contributed by atoms with Crippen LogP contribution >= 0.6 is 23.4 Å². The van der Waals surface area contributed by atoms with Gasteiger partial charge in [-0.05, 0) is 24.3 Å². The summed E-state index contributed by atoms with van der Waals surface area (Å²) in [6.07, 6.45) is 1.69. The molecule has 1 amide bonds. The second kappa shape index (κ2) is 6.30. The molecule has 1 aromatic carbocycles. The van der Waals surface area contributed by atoms with Crippen LogP contribution in [-0.2, 0) is 9.84 Å². The second-order valence-corrected chi connectivity index (χ2v) is 9.24. The highest BCUT2D eigenvalue weighted by molar-refractivity contribution is 8.15. The topological polar surface area (TPSA) is 66.8 Å². The molecule has 2 atom stereocenters. The van der Waals surface area contributed by atoms with Crippen LogP contribution in [0.2, 0.25) is 5.02 Å². The standard InChI is InChI=1S/C15H15ClN2O3S2/c1-2-7-18-12-8-23(20,21)9-13(12)22-15(18)17-14(19)10-3-5-11(16)6-4-10/h2-6,12-13H,1,7-9H2/t12-,13+/m1/s1. The predicted octanol–water partition coefficient (Wildman–Crippen LogP) is 2.24. The zero-order chi connectivity index (χ0) is 16.6. The van der Waals surface area contributed by atoms with Gasteiger partial charge in [-0.2, -0.15) is 4.99 Å². The monoisotopic (exact) mass is 370 g/mol. The number of fused-ring (bicyclic) bond motifs is 1. The van der Waals surface area contributed by atoms with E-state index in [0.717, 1.165) is 0 Å². The van der Waals surface area contributed by atoms with Gasteiger partial charge in [0.1, 0.15) is 0 Å². The van der Waals surface area contributed by atoms with Crippen LogP contribution in [0.25, 0.3) is 0 Å². The third kappa shape index (κ3) is 3.46. The smallest absolute Gasteiger partial charge is 0.279 e. The fourth-order valence-corrected chi connectivity index (χ4v) is 6.82. The number of carbonyl (C=O) groups is 1. The fourth-order valence-electron chi connectivity index (χ4n) is 2.73. The van der Waals surface area contributed by atoms with Gasteiger partial charge in [0.2, 0.25) is 0 Å². The van der Waals surface area contributed by atoms with Crippen LogP contribution in [0.3, 0.4) is 0 Å². The van der Waals surface area contributed by atoms with Gasteiger partial charge in [0, 0.05) is 22.4 Å². The minimum atomic E-state index is -3.02. The molecular weight excluding hydrogens is 356 g/mol. The molecule has 1 aromatic rings. The van der Waals surface area contributed by atoms with Gasteiger partial charge in [0.05, 0.1) is 17.5 Å². The molecule has 2 aliphatic heterocycles. The number of hydrogen-bond acceptors (Lipinski definition) is 4. The lowest BCUT2D eigenvalue weighted by Gasteiger charge is -2.22. The number of thioether (sulfide) groups is 1. The van der Waals surface area contributed by atoms with E-state index in [2.05, 4.69) is 11.6 Å². The molecular formula is C15H15ClN2O3S2. The Labute approximate surface area is 144 Å². The number of benzene rings is 1. The van der Waals surface area contributed by atoms with Crippen LogP contribution in [0.4, 0.5) is 0 Å². The molecule has 8 heteroatoms. The SMILES string of the molecule is C=CCN1C(=NC(=O)c2ccc(Cl)cc2)S[C@H]2CS(=O)(=O)C[C@H]21. The van der Waals surface area contributed by atoms with Crippen LogP contribution in [0.15, 0.2) is 41.9 Å². The lowest BCUT2D eigenvalue weighted by atomic mass is 10.2. The Hall–Kier alpha value is -1.31. The van der Waals surface area contributed by atoms with E-state index in [1.807, 2.05) is 4.90 Å². The summed E-state index contributed by atoms with van der Waals surface area (Å²) in [4.78, 5) is 18.3. The molecule has 0 bridgehead atoms. The number of rotatable bonds is 3. The highest BCUT2D eigenvalue weighted by Crippen LogP contribution is 2.38. The van der Waals surface area contributed by atoms with Gasteiger partial charge < -0.3 is 4.90 Å².